The predicted octanol–water partition coefficient (Wildman–Crippen LogP) is 3.96. The number of nitrogens with zero attached hydrogens (tertiary/aromatic N) is 2. The zero-order valence-corrected chi connectivity index (χ0v) is 23.6. The molecule has 2 aliphatic heterocycles. The van der Waals surface area contributed by atoms with Crippen molar-refractivity contribution in [2.24, 2.45) is 11.6 Å². The molecule has 2 aliphatic rings. The van der Waals surface area contributed by atoms with Gasteiger partial charge in [-0.1, -0.05) is 42.5 Å². The van der Waals surface area contributed by atoms with Crippen molar-refractivity contribution in [2.45, 2.75) is 44.0 Å². The van der Waals surface area contributed by atoms with Crippen LogP contribution in [0.5, 0.6) is 0 Å². The molecule has 3 aromatic carbocycles. The topological polar surface area (TPSA) is 137 Å². The average molecular weight is 591 g/mol. The van der Waals surface area contributed by atoms with E-state index in [1.54, 1.807) is 23.5 Å². The van der Waals surface area contributed by atoms with Crippen LogP contribution in [0.2, 0.25) is 0 Å². The Hall–Kier alpha value is -4.07. The van der Waals surface area contributed by atoms with Crippen molar-refractivity contribution in [3.63, 3.8) is 0 Å². The first-order chi connectivity index (χ1) is 20.3. The van der Waals surface area contributed by atoms with E-state index in [1.807, 2.05) is 55.5 Å². The molecule has 10 nitrogen and oxygen atoms in total. The van der Waals surface area contributed by atoms with Crippen molar-refractivity contribution in [3.8, 4) is 0 Å². The second-order valence-corrected chi connectivity index (χ2v) is 11.4. The number of fused-ring (bicyclic) bond motifs is 2. The Morgan fingerprint density at radius 3 is 2.76 bits per heavy atom. The van der Waals surface area contributed by atoms with E-state index in [2.05, 4.69) is 15.8 Å². The van der Waals surface area contributed by atoms with E-state index >= 15 is 0 Å². The van der Waals surface area contributed by atoms with Crippen LogP contribution >= 0.6 is 11.3 Å². The van der Waals surface area contributed by atoms with Crippen LogP contribution in [0.15, 0.2) is 79.0 Å². The smallest absolute Gasteiger partial charge is 0.267 e. The van der Waals surface area contributed by atoms with E-state index in [9.17, 15) is 9.18 Å². The highest BCUT2D eigenvalue weighted by atomic mass is 32.1. The second-order valence-electron chi connectivity index (χ2n) is 10.2. The molecule has 2 saturated heterocycles. The minimum Gasteiger partial charge on any atom is -0.397 e. The van der Waals surface area contributed by atoms with Gasteiger partial charge in [-0.15, -0.1) is 11.3 Å². The summed E-state index contributed by atoms with van der Waals surface area (Å²) in [6.45, 7) is 2.14. The van der Waals surface area contributed by atoms with Crippen molar-refractivity contribution < 1.29 is 23.4 Å². The normalized spacial score (nSPS) is 24.2. The Morgan fingerprint density at radius 2 is 1.95 bits per heavy atom. The van der Waals surface area contributed by atoms with Gasteiger partial charge in [0.25, 0.3) is 5.91 Å². The number of carbonyl (C=O) groups is 1. The number of amides is 1. The molecule has 0 saturated carbocycles. The van der Waals surface area contributed by atoms with Crippen molar-refractivity contribution >= 4 is 38.8 Å². The molecule has 42 heavy (non-hydrogen) atoms. The second kappa shape index (κ2) is 12.0. The maximum atomic E-state index is 13.8. The number of aryl methyl sites for hydroxylation is 1. The first-order valence-electron chi connectivity index (χ1n) is 13.5. The number of halogens is 1. The number of ether oxygens (including phenoxy) is 3. The summed E-state index contributed by atoms with van der Waals surface area (Å²) in [4.78, 5) is 17.8. The molecule has 6 N–H and O–H groups in total. The van der Waals surface area contributed by atoms with Crippen molar-refractivity contribution in [1.29, 1.82) is 0 Å². The lowest BCUT2D eigenvalue weighted by molar-refractivity contribution is -0.298. The molecule has 218 valence electrons. The average Bonchev–Trinajstić information content (AvgIpc) is 3.38. The van der Waals surface area contributed by atoms with E-state index in [0.29, 0.717) is 11.3 Å². The van der Waals surface area contributed by atoms with Crippen LogP contribution in [-0.4, -0.2) is 46.9 Å². The summed E-state index contributed by atoms with van der Waals surface area (Å²) >= 11 is 1.57. The quantitative estimate of drug-likeness (QED) is 0.186. The van der Waals surface area contributed by atoms with Gasteiger partial charge < -0.3 is 25.0 Å². The Bertz CT molecular complexity index is 1600. The summed E-state index contributed by atoms with van der Waals surface area (Å²) in [7, 11) is 0. The van der Waals surface area contributed by atoms with Crippen molar-refractivity contribution in [2.75, 3.05) is 12.0 Å². The molecule has 3 heterocycles. The number of thiazole rings is 1. The fourth-order valence-electron chi connectivity index (χ4n) is 5.20. The minimum absolute atomic E-state index is 0.191. The molecule has 4 aromatic rings. The summed E-state index contributed by atoms with van der Waals surface area (Å²) in [6, 6.07) is 20.6. The van der Waals surface area contributed by atoms with Crippen LogP contribution in [0.25, 0.3) is 15.9 Å². The number of benzene rings is 3. The Kier molecular flexibility index (Phi) is 8.05. The first-order valence-corrected chi connectivity index (χ1v) is 14.3. The molecular weight excluding hydrogens is 559 g/mol. The van der Waals surface area contributed by atoms with Crippen LogP contribution in [0.4, 0.5) is 10.1 Å². The molecule has 5 unspecified atom stereocenters. The Labute approximate surface area is 246 Å². The summed E-state index contributed by atoms with van der Waals surface area (Å²) in [5.74, 6) is 5.77. The number of hydrazine groups is 2. The van der Waals surface area contributed by atoms with Gasteiger partial charge in [-0.05, 0) is 37.3 Å². The van der Waals surface area contributed by atoms with Crippen molar-refractivity contribution in [1.82, 2.24) is 15.4 Å². The molecule has 6 rings (SSSR count). The van der Waals surface area contributed by atoms with Gasteiger partial charge in [-0.2, -0.15) is 0 Å². The minimum atomic E-state index is -0.867. The van der Waals surface area contributed by atoms with Gasteiger partial charge in [-0.3, -0.25) is 15.6 Å². The molecule has 1 amide bonds. The number of rotatable bonds is 7. The number of carbonyl (C=O) groups excluding carboxylic acids is 1. The number of nitrogens with one attached hydrogen (secondary N) is 2. The molecule has 0 radical (unpaired) electrons. The van der Waals surface area contributed by atoms with E-state index in [-0.39, 0.29) is 24.6 Å². The molecule has 0 spiro atoms. The number of hydrogen-bond donors (Lipinski definition) is 4. The van der Waals surface area contributed by atoms with E-state index in [1.165, 1.54) is 23.3 Å². The molecular formula is C30H31FN6O4S. The molecule has 5 atom stereocenters. The van der Waals surface area contributed by atoms with Crippen LogP contribution in [0.3, 0.4) is 0 Å². The largest absolute Gasteiger partial charge is 0.397 e. The summed E-state index contributed by atoms with van der Waals surface area (Å²) in [5.41, 5.74) is 15.2. The molecule has 0 bridgehead atoms. The summed E-state index contributed by atoms with van der Waals surface area (Å²) < 4.78 is 33.4. The fourth-order valence-corrected chi connectivity index (χ4v) is 6.06. The van der Waals surface area contributed by atoms with Gasteiger partial charge >= 0.3 is 0 Å². The van der Waals surface area contributed by atoms with E-state index in [4.69, 9.17) is 25.8 Å². The van der Waals surface area contributed by atoms with Crippen LogP contribution in [0.1, 0.15) is 28.8 Å². The van der Waals surface area contributed by atoms with Gasteiger partial charge in [0.05, 0.1) is 39.3 Å². The number of hydrogen-bond acceptors (Lipinski definition) is 10. The van der Waals surface area contributed by atoms with Gasteiger partial charge in [-0.25, -0.2) is 15.2 Å². The lowest BCUT2D eigenvalue weighted by Crippen LogP contribution is -2.62. The van der Waals surface area contributed by atoms with E-state index < -0.39 is 36.5 Å². The van der Waals surface area contributed by atoms with Gasteiger partial charge in [0, 0.05) is 23.7 Å². The highest BCUT2D eigenvalue weighted by Gasteiger charge is 2.47. The maximum Gasteiger partial charge on any atom is 0.267 e. The molecule has 1 aromatic heterocycles. The summed E-state index contributed by atoms with van der Waals surface area (Å²) in [5, 5.41) is 2.38. The fraction of sp³-hybridized carbons (Fsp3) is 0.267. The molecule has 0 aliphatic carbocycles. The summed E-state index contributed by atoms with van der Waals surface area (Å²) in [6.07, 6.45) is -0.891. The lowest BCUT2D eigenvalue weighted by Gasteiger charge is -2.47. The predicted molar refractivity (Wildman–Crippen MR) is 158 cm³/mol. The number of aromatic nitrogens is 1. The highest BCUT2D eigenvalue weighted by molar-refractivity contribution is 7.18. The standard InChI is InChI=1S/C30H31FN6O4S/c1-17-34-23-11-10-21(13-27(23)42-17)35-36-29(38)25-14-24(37(33)15-22(32)19-8-5-9-20(31)12-19)28-26(40-25)16-39-30(41-28)18-6-3-2-4-7-18/h2-13,15,24-26,28,30,35H,14,16,32-33H2,1H3,(H,36,38)/b22-15-. The van der Waals surface area contributed by atoms with Gasteiger partial charge in [0.1, 0.15) is 24.1 Å². The zero-order chi connectivity index (χ0) is 29.2. The van der Waals surface area contributed by atoms with E-state index in [0.717, 1.165) is 20.8 Å². The Balaban J connectivity index is 1.20. The molecule has 2 fully saturated rings. The first kappa shape index (κ1) is 28.1. The zero-order valence-electron chi connectivity index (χ0n) is 22.8. The van der Waals surface area contributed by atoms with Gasteiger partial charge in [0.15, 0.2) is 6.29 Å². The van der Waals surface area contributed by atoms with Crippen LogP contribution < -0.4 is 22.4 Å². The van der Waals surface area contributed by atoms with Gasteiger partial charge in [0.2, 0.25) is 0 Å². The van der Waals surface area contributed by atoms with Crippen LogP contribution in [-0.2, 0) is 19.0 Å². The Morgan fingerprint density at radius 1 is 1.12 bits per heavy atom. The van der Waals surface area contributed by atoms with Crippen molar-refractivity contribution in [3.05, 3.63) is 101 Å². The third-order valence-electron chi connectivity index (χ3n) is 7.25. The molecule has 12 heteroatoms. The number of nitrogens with two attached hydrogens (primary N) is 2. The third kappa shape index (κ3) is 6.08. The maximum absolute atomic E-state index is 13.8. The SMILES string of the molecule is Cc1nc2ccc(NNC(=O)C3CC(N(N)/C=C(\N)c4cccc(F)c4)C4OC(c5ccccc5)OCC4O3)cc2s1. The third-order valence-corrected chi connectivity index (χ3v) is 8.19. The lowest BCUT2D eigenvalue weighted by atomic mass is 9.93. The van der Waals surface area contributed by atoms with Crippen LogP contribution in [0, 0.1) is 12.7 Å². The highest BCUT2D eigenvalue weighted by Crippen LogP contribution is 2.36. The monoisotopic (exact) mass is 590 g/mol. The number of anilines is 1.